The highest BCUT2D eigenvalue weighted by Crippen LogP contribution is 2.23. The molecule has 78 valence electrons. The second-order valence-corrected chi connectivity index (χ2v) is 4.05. The number of hydrogen-bond acceptors (Lipinski definition) is 5. The molecule has 0 saturated carbocycles. The van der Waals surface area contributed by atoms with E-state index in [4.69, 9.17) is 0 Å². The molecular weight excluding hydrogens is 212 g/mol. The molecule has 1 atom stereocenters. The lowest BCUT2D eigenvalue weighted by molar-refractivity contribution is 0.194. The Hall–Kier alpha value is -1.40. The van der Waals surface area contributed by atoms with Gasteiger partial charge in [0.2, 0.25) is 0 Å². The van der Waals surface area contributed by atoms with Gasteiger partial charge in [-0.3, -0.25) is 10.1 Å². The van der Waals surface area contributed by atoms with Gasteiger partial charge in [-0.2, -0.15) is 5.10 Å². The first kappa shape index (κ1) is 10.1. The highest BCUT2D eigenvalue weighted by Gasteiger charge is 2.03. The van der Waals surface area contributed by atoms with E-state index < -0.39 is 6.10 Å². The van der Waals surface area contributed by atoms with Crippen molar-refractivity contribution in [2.75, 3.05) is 0 Å². The average Bonchev–Trinajstić information content (AvgIpc) is 2.71. The maximum atomic E-state index is 9.27. The minimum atomic E-state index is -0.533. The number of nitrogens with zero attached hydrogens (tertiary/aromatic N) is 3. The van der Waals surface area contributed by atoms with Crippen LogP contribution in [0.1, 0.15) is 18.7 Å². The summed E-state index contributed by atoms with van der Waals surface area (Å²) in [6.07, 6.45) is 2.63. The lowest BCUT2D eigenvalue weighted by Gasteiger charge is -2.03. The van der Waals surface area contributed by atoms with Gasteiger partial charge in [0.25, 0.3) is 0 Å². The van der Waals surface area contributed by atoms with Crippen LogP contribution in [0.25, 0.3) is 0 Å². The van der Waals surface area contributed by atoms with Crippen LogP contribution in [0.2, 0.25) is 0 Å². The molecule has 0 radical (unpaired) electrons. The van der Waals surface area contributed by atoms with E-state index in [9.17, 15) is 5.11 Å². The highest BCUT2D eigenvalue weighted by atomic mass is 32.2. The Morgan fingerprint density at radius 2 is 2.27 bits per heavy atom. The standard InChI is InChI=1S/C9H10N4OS/c1-6(14)8-3-2-7(4-10-8)15-9-11-5-12-13-9/h2-6,14H,1H3,(H,11,12,13)/t6-/m1/s1. The fourth-order valence-corrected chi connectivity index (χ4v) is 1.72. The summed E-state index contributed by atoms with van der Waals surface area (Å²) >= 11 is 1.44. The summed E-state index contributed by atoms with van der Waals surface area (Å²) in [6.45, 7) is 1.69. The number of H-pyrrole nitrogens is 1. The zero-order chi connectivity index (χ0) is 10.7. The molecule has 6 heteroatoms. The molecule has 2 heterocycles. The summed E-state index contributed by atoms with van der Waals surface area (Å²) in [5.74, 6) is 0. The van der Waals surface area contributed by atoms with E-state index in [1.54, 1.807) is 19.2 Å². The van der Waals surface area contributed by atoms with E-state index in [-0.39, 0.29) is 0 Å². The lowest BCUT2D eigenvalue weighted by Crippen LogP contribution is -1.94. The van der Waals surface area contributed by atoms with Crippen molar-refractivity contribution in [3.63, 3.8) is 0 Å². The quantitative estimate of drug-likeness (QED) is 0.821. The molecule has 2 aromatic heterocycles. The number of pyridine rings is 1. The van der Waals surface area contributed by atoms with Crippen LogP contribution in [0.3, 0.4) is 0 Å². The number of hydrogen-bond donors (Lipinski definition) is 2. The van der Waals surface area contributed by atoms with Crippen LogP contribution in [-0.4, -0.2) is 25.3 Å². The molecule has 0 spiro atoms. The molecule has 0 aliphatic carbocycles. The summed E-state index contributed by atoms with van der Waals surface area (Å²) in [5.41, 5.74) is 0.664. The van der Waals surface area contributed by atoms with Gasteiger partial charge >= 0.3 is 0 Å². The molecule has 0 bridgehead atoms. The summed E-state index contributed by atoms with van der Waals surface area (Å²) in [6, 6.07) is 3.69. The second kappa shape index (κ2) is 4.41. The van der Waals surface area contributed by atoms with Crippen LogP contribution in [-0.2, 0) is 0 Å². The first-order valence-corrected chi connectivity index (χ1v) is 5.24. The Kier molecular flexibility index (Phi) is 2.98. The molecule has 5 nitrogen and oxygen atoms in total. The molecule has 2 aromatic rings. The minimum Gasteiger partial charge on any atom is -0.387 e. The largest absolute Gasteiger partial charge is 0.387 e. The fourth-order valence-electron chi connectivity index (χ4n) is 1.05. The Bertz CT molecular complexity index is 412. The summed E-state index contributed by atoms with van der Waals surface area (Å²) in [7, 11) is 0. The van der Waals surface area contributed by atoms with E-state index in [1.807, 2.05) is 6.07 Å². The average molecular weight is 222 g/mol. The van der Waals surface area contributed by atoms with Crippen molar-refractivity contribution in [2.45, 2.75) is 23.1 Å². The van der Waals surface area contributed by atoms with Gasteiger partial charge in [-0.05, 0) is 30.8 Å². The van der Waals surface area contributed by atoms with Gasteiger partial charge < -0.3 is 5.11 Å². The molecule has 0 aliphatic rings. The first-order valence-electron chi connectivity index (χ1n) is 4.43. The number of aliphatic hydroxyl groups excluding tert-OH is 1. The highest BCUT2D eigenvalue weighted by molar-refractivity contribution is 7.99. The maximum absolute atomic E-state index is 9.27. The topological polar surface area (TPSA) is 74.7 Å². The fraction of sp³-hybridized carbons (Fsp3) is 0.222. The Balaban J connectivity index is 2.11. The van der Waals surface area contributed by atoms with Gasteiger partial charge in [0, 0.05) is 11.1 Å². The van der Waals surface area contributed by atoms with Gasteiger partial charge in [-0.15, -0.1) is 0 Å². The molecule has 0 unspecified atom stereocenters. The van der Waals surface area contributed by atoms with Crippen LogP contribution < -0.4 is 0 Å². The molecule has 2 rings (SSSR count). The van der Waals surface area contributed by atoms with Gasteiger partial charge in [-0.1, -0.05) is 0 Å². The second-order valence-electron chi connectivity index (χ2n) is 2.99. The molecule has 0 fully saturated rings. The summed E-state index contributed by atoms with van der Waals surface area (Å²) in [5, 5.41) is 16.5. The lowest BCUT2D eigenvalue weighted by atomic mass is 10.2. The Morgan fingerprint density at radius 1 is 1.40 bits per heavy atom. The van der Waals surface area contributed by atoms with E-state index in [0.29, 0.717) is 5.69 Å². The smallest absolute Gasteiger partial charge is 0.188 e. The number of aromatic nitrogens is 4. The van der Waals surface area contributed by atoms with E-state index in [2.05, 4.69) is 20.2 Å². The summed E-state index contributed by atoms with van der Waals surface area (Å²) < 4.78 is 0. The van der Waals surface area contributed by atoms with Gasteiger partial charge in [0.15, 0.2) is 5.16 Å². The predicted octanol–water partition coefficient (Wildman–Crippen LogP) is 1.40. The van der Waals surface area contributed by atoms with Crippen LogP contribution in [0.15, 0.2) is 34.7 Å². The van der Waals surface area contributed by atoms with Crippen LogP contribution in [0, 0.1) is 0 Å². The predicted molar refractivity (Wildman–Crippen MR) is 55.4 cm³/mol. The zero-order valence-corrected chi connectivity index (χ0v) is 8.90. The van der Waals surface area contributed by atoms with Crippen molar-refractivity contribution in [3.05, 3.63) is 30.4 Å². The minimum absolute atomic E-state index is 0.533. The SMILES string of the molecule is C[C@@H](O)c1ccc(Sc2ncn[nH]2)cn1. The molecular formula is C9H10N4OS. The van der Waals surface area contributed by atoms with Gasteiger partial charge in [-0.25, -0.2) is 4.98 Å². The normalized spacial score (nSPS) is 12.7. The third-order valence-corrected chi connectivity index (χ3v) is 2.66. The maximum Gasteiger partial charge on any atom is 0.188 e. The zero-order valence-electron chi connectivity index (χ0n) is 8.08. The first-order chi connectivity index (χ1) is 7.25. The van der Waals surface area contributed by atoms with Crippen molar-refractivity contribution in [3.8, 4) is 0 Å². The molecule has 0 aromatic carbocycles. The molecule has 2 N–H and O–H groups in total. The van der Waals surface area contributed by atoms with E-state index in [0.717, 1.165) is 10.1 Å². The molecule has 0 amide bonds. The van der Waals surface area contributed by atoms with E-state index >= 15 is 0 Å². The van der Waals surface area contributed by atoms with Crippen LogP contribution in [0.4, 0.5) is 0 Å². The third kappa shape index (κ3) is 2.54. The molecule has 0 saturated heterocycles. The van der Waals surface area contributed by atoms with Crippen molar-refractivity contribution in [2.24, 2.45) is 0 Å². The Labute approximate surface area is 91.0 Å². The van der Waals surface area contributed by atoms with E-state index in [1.165, 1.54) is 18.1 Å². The number of rotatable bonds is 3. The molecule has 0 aliphatic heterocycles. The summed E-state index contributed by atoms with van der Waals surface area (Å²) in [4.78, 5) is 9.07. The van der Waals surface area contributed by atoms with Crippen molar-refractivity contribution >= 4 is 11.8 Å². The van der Waals surface area contributed by atoms with Gasteiger partial charge in [0.05, 0.1) is 11.8 Å². The Morgan fingerprint density at radius 3 is 2.80 bits per heavy atom. The van der Waals surface area contributed by atoms with Crippen LogP contribution in [0.5, 0.6) is 0 Å². The number of aromatic amines is 1. The molecule has 15 heavy (non-hydrogen) atoms. The van der Waals surface area contributed by atoms with Crippen LogP contribution >= 0.6 is 11.8 Å². The van der Waals surface area contributed by atoms with Gasteiger partial charge in [0.1, 0.15) is 6.33 Å². The third-order valence-electron chi connectivity index (χ3n) is 1.79. The van der Waals surface area contributed by atoms with Crippen molar-refractivity contribution in [1.82, 2.24) is 20.2 Å². The number of nitrogens with one attached hydrogen (secondary N) is 1. The monoisotopic (exact) mass is 222 g/mol. The number of aliphatic hydroxyl groups is 1. The van der Waals surface area contributed by atoms with Crippen molar-refractivity contribution in [1.29, 1.82) is 0 Å². The van der Waals surface area contributed by atoms with Crippen molar-refractivity contribution < 1.29 is 5.11 Å².